The Hall–Kier alpha value is -2.67. The number of methoxy groups -OCH3 is 2. The molecule has 4 nitrogen and oxygen atoms in total. The Balaban J connectivity index is 2.36. The van der Waals surface area contributed by atoms with Crippen LogP contribution in [-0.4, -0.2) is 19.3 Å². The first-order chi connectivity index (χ1) is 9.69. The third kappa shape index (κ3) is 2.67. The second-order valence-corrected chi connectivity index (χ2v) is 4.29. The van der Waals surface area contributed by atoms with Crippen LogP contribution in [0.25, 0.3) is 0 Å². The average molecular weight is 269 g/mol. The molecule has 0 aliphatic rings. The Morgan fingerprint density at radius 2 is 1.85 bits per heavy atom. The SMILES string of the molecule is COc1ccc(Cc2cccc(O)c2C#N)cc1OC. The summed E-state index contributed by atoms with van der Waals surface area (Å²) in [6.07, 6.45) is 0.539. The van der Waals surface area contributed by atoms with Gasteiger partial charge in [0.25, 0.3) is 0 Å². The van der Waals surface area contributed by atoms with Crippen molar-refractivity contribution >= 4 is 0 Å². The summed E-state index contributed by atoms with van der Waals surface area (Å²) in [5.41, 5.74) is 2.06. The fourth-order valence-electron chi connectivity index (χ4n) is 2.07. The van der Waals surface area contributed by atoms with Gasteiger partial charge in [-0.2, -0.15) is 5.26 Å². The highest BCUT2D eigenvalue weighted by Crippen LogP contribution is 2.29. The van der Waals surface area contributed by atoms with Gasteiger partial charge < -0.3 is 14.6 Å². The third-order valence-electron chi connectivity index (χ3n) is 3.08. The van der Waals surface area contributed by atoms with Crippen molar-refractivity contribution in [3.05, 3.63) is 53.1 Å². The number of phenols is 1. The van der Waals surface area contributed by atoms with Crippen molar-refractivity contribution in [2.45, 2.75) is 6.42 Å². The van der Waals surface area contributed by atoms with Crippen molar-refractivity contribution in [2.75, 3.05) is 14.2 Å². The largest absolute Gasteiger partial charge is 0.507 e. The molecule has 0 aliphatic heterocycles. The van der Waals surface area contributed by atoms with Gasteiger partial charge in [-0.1, -0.05) is 18.2 Å². The van der Waals surface area contributed by atoms with Crippen LogP contribution < -0.4 is 9.47 Å². The van der Waals surface area contributed by atoms with Crippen LogP contribution in [0, 0.1) is 11.3 Å². The molecule has 0 aromatic heterocycles. The van der Waals surface area contributed by atoms with Gasteiger partial charge in [0.1, 0.15) is 11.8 Å². The molecule has 0 fully saturated rings. The molecule has 2 rings (SSSR count). The van der Waals surface area contributed by atoms with Gasteiger partial charge >= 0.3 is 0 Å². The second kappa shape index (κ2) is 5.98. The Morgan fingerprint density at radius 1 is 1.10 bits per heavy atom. The van der Waals surface area contributed by atoms with Crippen molar-refractivity contribution in [3.63, 3.8) is 0 Å². The van der Waals surface area contributed by atoms with E-state index in [9.17, 15) is 5.11 Å². The molecule has 2 aromatic rings. The molecule has 0 unspecified atom stereocenters. The summed E-state index contributed by atoms with van der Waals surface area (Å²) in [5.74, 6) is 1.31. The highest BCUT2D eigenvalue weighted by molar-refractivity contribution is 5.51. The number of nitriles is 1. The summed E-state index contributed by atoms with van der Waals surface area (Å²) in [5, 5.41) is 18.8. The highest BCUT2D eigenvalue weighted by Gasteiger charge is 2.10. The number of ether oxygens (including phenoxy) is 2. The van der Waals surface area contributed by atoms with Gasteiger partial charge in [-0.15, -0.1) is 0 Å². The smallest absolute Gasteiger partial charge is 0.160 e. The van der Waals surface area contributed by atoms with Gasteiger partial charge in [-0.05, 0) is 35.7 Å². The van der Waals surface area contributed by atoms with Crippen LogP contribution in [-0.2, 0) is 6.42 Å². The Morgan fingerprint density at radius 3 is 2.50 bits per heavy atom. The standard InChI is InChI=1S/C16H15NO3/c1-19-15-7-6-11(9-16(15)20-2)8-12-4-3-5-14(18)13(12)10-17/h3-7,9,18H,8H2,1-2H3. The quantitative estimate of drug-likeness (QED) is 0.927. The maximum atomic E-state index is 9.69. The monoisotopic (exact) mass is 269 g/mol. The van der Waals surface area contributed by atoms with Crippen molar-refractivity contribution in [1.82, 2.24) is 0 Å². The van der Waals surface area contributed by atoms with Gasteiger partial charge in [0.2, 0.25) is 0 Å². The summed E-state index contributed by atoms with van der Waals surface area (Å²) in [6.45, 7) is 0. The number of phenolic OH excluding ortho intramolecular Hbond substituents is 1. The summed E-state index contributed by atoms with van der Waals surface area (Å²) in [7, 11) is 3.16. The van der Waals surface area contributed by atoms with Gasteiger partial charge in [0.15, 0.2) is 11.5 Å². The predicted molar refractivity (Wildman–Crippen MR) is 75.2 cm³/mol. The summed E-state index contributed by atoms with van der Waals surface area (Å²) in [4.78, 5) is 0. The fraction of sp³-hybridized carbons (Fsp3) is 0.188. The zero-order chi connectivity index (χ0) is 14.5. The van der Waals surface area contributed by atoms with Crippen molar-refractivity contribution < 1.29 is 14.6 Å². The maximum Gasteiger partial charge on any atom is 0.160 e. The van der Waals surface area contributed by atoms with Crippen molar-refractivity contribution in [1.29, 1.82) is 5.26 Å². The lowest BCUT2D eigenvalue weighted by molar-refractivity contribution is 0.354. The lowest BCUT2D eigenvalue weighted by Gasteiger charge is -2.10. The second-order valence-electron chi connectivity index (χ2n) is 4.29. The van der Waals surface area contributed by atoms with Gasteiger partial charge in [0.05, 0.1) is 19.8 Å². The molecule has 0 heterocycles. The van der Waals surface area contributed by atoms with Crippen LogP contribution in [0.15, 0.2) is 36.4 Å². The number of hydrogen-bond acceptors (Lipinski definition) is 4. The van der Waals surface area contributed by atoms with E-state index in [4.69, 9.17) is 14.7 Å². The van der Waals surface area contributed by atoms with E-state index in [1.54, 1.807) is 20.3 Å². The van der Waals surface area contributed by atoms with Crippen molar-refractivity contribution in [3.8, 4) is 23.3 Å². The van der Waals surface area contributed by atoms with Crippen LogP contribution in [0.2, 0.25) is 0 Å². The van der Waals surface area contributed by atoms with E-state index >= 15 is 0 Å². The topological polar surface area (TPSA) is 62.5 Å². The van der Waals surface area contributed by atoms with E-state index in [0.717, 1.165) is 11.1 Å². The summed E-state index contributed by atoms with van der Waals surface area (Å²) >= 11 is 0. The molecule has 0 atom stereocenters. The molecule has 0 radical (unpaired) electrons. The molecular weight excluding hydrogens is 254 g/mol. The number of rotatable bonds is 4. The van der Waals surface area contributed by atoms with Gasteiger partial charge in [-0.25, -0.2) is 0 Å². The van der Waals surface area contributed by atoms with E-state index in [1.807, 2.05) is 30.3 Å². The average Bonchev–Trinajstić information content (AvgIpc) is 2.47. The van der Waals surface area contributed by atoms with Crippen molar-refractivity contribution in [2.24, 2.45) is 0 Å². The molecule has 0 saturated heterocycles. The lowest BCUT2D eigenvalue weighted by Crippen LogP contribution is -1.95. The van der Waals surface area contributed by atoms with E-state index in [2.05, 4.69) is 0 Å². The molecular formula is C16H15NO3. The first kappa shape index (κ1) is 13.8. The van der Waals surface area contributed by atoms with Gasteiger partial charge in [-0.3, -0.25) is 0 Å². The molecule has 20 heavy (non-hydrogen) atoms. The minimum Gasteiger partial charge on any atom is -0.507 e. The van der Waals surface area contributed by atoms with Crippen LogP contribution >= 0.6 is 0 Å². The number of nitrogens with zero attached hydrogens (tertiary/aromatic N) is 1. The normalized spacial score (nSPS) is 9.85. The number of hydrogen-bond donors (Lipinski definition) is 1. The zero-order valence-corrected chi connectivity index (χ0v) is 11.4. The number of benzene rings is 2. The Labute approximate surface area is 117 Å². The zero-order valence-electron chi connectivity index (χ0n) is 11.4. The molecule has 0 saturated carbocycles. The maximum absolute atomic E-state index is 9.69. The number of aromatic hydroxyl groups is 1. The Bertz CT molecular complexity index is 659. The summed E-state index contributed by atoms with van der Waals surface area (Å²) < 4.78 is 10.4. The molecule has 102 valence electrons. The highest BCUT2D eigenvalue weighted by atomic mass is 16.5. The Kier molecular flexibility index (Phi) is 4.11. The van der Waals surface area contributed by atoms with E-state index < -0.39 is 0 Å². The molecule has 2 aromatic carbocycles. The van der Waals surface area contributed by atoms with Crippen LogP contribution in [0.4, 0.5) is 0 Å². The van der Waals surface area contributed by atoms with Crippen LogP contribution in [0.5, 0.6) is 17.2 Å². The predicted octanol–water partition coefficient (Wildman–Crippen LogP) is 2.87. The van der Waals surface area contributed by atoms with Crippen LogP contribution in [0.1, 0.15) is 16.7 Å². The fourth-order valence-corrected chi connectivity index (χ4v) is 2.07. The lowest BCUT2D eigenvalue weighted by atomic mass is 9.99. The summed E-state index contributed by atoms with van der Waals surface area (Å²) in [6, 6.07) is 12.7. The van der Waals surface area contributed by atoms with E-state index in [1.165, 1.54) is 6.07 Å². The molecule has 0 bridgehead atoms. The first-order valence-corrected chi connectivity index (χ1v) is 6.11. The first-order valence-electron chi connectivity index (χ1n) is 6.11. The van der Waals surface area contributed by atoms with E-state index in [0.29, 0.717) is 23.5 Å². The minimum absolute atomic E-state index is 0.00507. The molecule has 0 amide bonds. The van der Waals surface area contributed by atoms with Crippen LogP contribution in [0.3, 0.4) is 0 Å². The third-order valence-corrected chi connectivity index (χ3v) is 3.08. The molecule has 4 heteroatoms. The van der Waals surface area contributed by atoms with E-state index in [-0.39, 0.29) is 5.75 Å². The molecule has 1 N–H and O–H groups in total. The molecule has 0 spiro atoms. The minimum atomic E-state index is 0.00507. The molecule has 0 aliphatic carbocycles. The van der Waals surface area contributed by atoms with Gasteiger partial charge in [0, 0.05) is 0 Å².